The van der Waals surface area contributed by atoms with Crippen LogP contribution in [0.3, 0.4) is 0 Å². The van der Waals surface area contributed by atoms with E-state index < -0.39 is 0 Å². The topological polar surface area (TPSA) is 51.6 Å². The Bertz CT molecular complexity index is 1540. The smallest absolute Gasteiger partial charge is 0.0986 e. The third-order valence-corrected chi connectivity index (χ3v) is 5.94. The van der Waals surface area contributed by atoms with E-state index in [-0.39, 0.29) is 0 Å². The maximum absolute atomic E-state index is 5.23. The summed E-state index contributed by atoms with van der Waals surface area (Å²) in [6.07, 6.45) is 5.49. The summed E-state index contributed by atoms with van der Waals surface area (Å²) in [7, 11) is 0. The predicted octanol–water partition coefficient (Wildman–Crippen LogP) is 6.19. The van der Waals surface area contributed by atoms with E-state index in [1.165, 1.54) is 0 Å². The molecule has 0 fully saturated rings. The lowest BCUT2D eigenvalue weighted by molar-refractivity contribution is 1.37. The SMILES string of the molecule is c1ccc2c(c1)c1cc3c4cccnc4c4ncccc4c3nc1c1cccnc21. The first-order chi connectivity index (χ1) is 14.9. The fourth-order valence-electron chi connectivity index (χ4n) is 4.67. The lowest BCUT2D eigenvalue weighted by Gasteiger charge is -2.13. The fraction of sp³-hybridized carbons (Fsp3) is 0. The molecule has 0 spiro atoms. The number of hydrogen-bond acceptors (Lipinski definition) is 4. The average molecular weight is 382 g/mol. The predicted molar refractivity (Wildman–Crippen MR) is 123 cm³/mol. The van der Waals surface area contributed by atoms with E-state index >= 15 is 0 Å². The number of nitrogens with zero attached hydrogens (tertiary/aromatic N) is 4. The van der Waals surface area contributed by atoms with E-state index in [0.717, 1.165) is 65.3 Å². The van der Waals surface area contributed by atoms with Crippen LogP contribution >= 0.6 is 0 Å². The van der Waals surface area contributed by atoms with Crippen molar-refractivity contribution in [3.8, 4) is 0 Å². The summed E-state index contributed by atoms with van der Waals surface area (Å²) in [6, 6.07) is 22.9. The monoisotopic (exact) mass is 382 g/mol. The van der Waals surface area contributed by atoms with Crippen molar-refractivity contribution >= 4 is 65.3 Å². The van der Waals surface area contributed by atoms with Crippen molar-refractivity contribution in [3.63, 3.8) is 0 Å². The molecule has 0 radical (unpaired) electrons. The van der Waals surface area contributed by atoms with Crippen LogP contribution in [0.1, 0.15) is 0 Å². The van der Waals surface area contributed by atoms with Crippen LogP contribution in [0.5, 0.6) is 0 Å². The van der Waals surface area contributed by atoms with Gasteiger partial charge in [-0.15, -0.1) is 0 Å². The molecule has 7 rings (SSSR count). The van der Waals surface area contributed by atoms with E-state index in [2.05, 4.69) is 63.5 Å². The summed E-state index contributed by atoms with van der Waals surface area (Å²) in [5.41, 5.74) is 4.70. The number of fused-ring (bicyclic) bond motifs is 12. The summed E-state index contributed by atoms with van der Waals surface area (Å²) in [5.74, 6) is 0. The van der Waals surface area contributed by atoms with Crippen LogP contribution in [-0.2, 0) is 0 Å². The number of rotatable bonds is 0. The van der Waals surface area contributed by atoms with Gasteiger partial charge in [0.2, 0.25) is 0 Å². The molecule has 138 valence electrons. The molecule has 4 nitrogen and oxygen atoms in total. The van der Waals surface area contributed by atoms with Crippen molar-refractivity contribution in [3.05, 3.63) is 85.3 Å². The van der Waals surface area contributed by atoms with Crippen LogP contribution in [0.4, 0.5) is 0 Å². The Balaban J connectivity index is 1.86. The zero-order chi connectivity index (χ0) is 19.7. The molecule has 0 atom stereocenters. The van der Waals surface area contributed by atoms with E-state index in [4.69, 9.17) is 4.98 Å². The molecule has 0 aliphatic rings. The minimum absolute atomic E-state index is 0.885. The molecule has 7 aromatic rings. The van der Waals surface area contributed by atoms with Crippen LogP contribution in [0, 0.1) is 0 Å². The van der Waals surface area contributed by atoms with Gasteiger partial charge in [0.15, 0.2) is 0 Å². The van der Waals surface area contributed by atoms with Crippen LogP contribution in [0.15, 0.2) is 85.3 Å². The average Bonchev–Trinajstić information content (AvgIpc) is 2.83. The van der Waals surface area contributed by atoms with Crippen molar-refractivity contribution in [2.24, 2.45) is 0 Å². The first-order valence-corrected chi connectivity index (χ1v) is 9.91. The molecule has 0 N–H and O–H groups in total. The van der Waals surface area contributed by atoms with Crippen molar-refractivity contribution in [2.45, 2.75) is 0 Å². The number of benzene rings is 3. The molecule has 0 amide bonds. The van der Waals surface area contributed by atoms with Gasteiger partial charge in [-0.2, -0.15) is 0 Å². The van der Waals surface area contributed by atoms with Gasteiger partial charge in [-0.25, -0.2) is 4.98 Å². The van der Waals surface area contributed by atoms with E-state index in [9.17, 15) is 0 Å². The van der Waals surface area contributed by atoms with E-state index in [0.29, 0.717) is 0 Å². The molecule has 4 heterocycles. The van der Waals surface area contributed by atoms with Gasteiger partial charge in [-0.3, -0.25) is 15.0 Å². The third-order valence-electron chi connectivity index (χ3n) is 5.94. The van der Waals surface area contributed by atoms with Crippen LogP contribution in [-0.4, -0.2) is 19.9 Å². The Labute approximate surface area is 170 Å². The van der Waals surface area contributed by atoms with Gasteiger partial charge in [0.25, 0.3) is 0 Å². The molecule has 4 aromatic heterocycles. The fourth-order valence-corrected chi connectivity index (χ4v) is 4.67. The van der Waals surface area contributed by atoms with Gasteiger partial charge in [-0.1, -0.05) is 30.3 Å². The molecule has 0 saturated heterocycles. The van der Waals surface area contributed by atoms with E-state index in [1.807, 2.05) is 36.8 Å². The summed E-state index contributed by atoms with van der Waals surface area (Å²) in [5, 5.41) is 7.69. The maximum atomic E-state index is 5.23. The highest BCUT2D eigenvalue weighted by Gasteiger charge is 2.16. The Morgan fingerprint density at radius 1 is 0.367 bits per heavy atom. The Kier molecular flexibility index (Phi) is 2.97. The van der Waals surface area contributed by atoms with Gasteiger partial charge in [0.05, 0.1) is 27.6 Å². The Morgan fingerprint density at radius 3 is 1.57 bits per heavy atom. The minimum Gasteiger partial charge on any atom is -0.256 e. The number of aromatic nitrogens is 4. The zero-order valence-electron chi connectivity index (χ0n) is 15.9. The second kappa shape index (κ2) is 5.67. The second-order valence-corrected chi connectivity index (χ2v) is 7.52. The molecule has 0 saturated carbocycles. The standard InChI is InChI=1S/C26H14N4/c1-2-7-16-15(6-1)20-14-21-17-8-3-12-28-25(17)26-19(10-5-13-29-26)24(21)30-23(20)18-9-4-11-27-22(16)18/h1-14H. The van der Waals surface area contributed by atoms with Gasteiger partial charge in [0, 0.05) is 50.9 Å². The second-order valence-electron chi connectivity index (χ2n) is 7.52. The quantitative estimate of drug-likeness (QED) is 0.232. The van der Waals surface area contributed by atoms with Gasteiger partial charge >= 0.3 is 0 Å². The first kappa shape index (κ1) is 15.7. The molecule has 0 bridgehead atoms. The zero-order valence-corrected chi connectivity index (χ0v) is 15.9. The van der Waals surface area contributed by atoms with Gasteiger partial charge < -0.3 is 0 Å². The molecule has 0 unspecified atom stereocenters. The number of hydrogen-bond donors (Lipinski definition) is 0. The van der Waals surface area contributed by atoms with Crippen LogP contribution in [0.25, 0.3) is 65.3 Å². The molecular weight excluding hydrogens is 368 g/mol. The summed E-state index contributed by atoms with van der Waals surface area (Å²) < 4.78 is 0. The largest absolute Gasteiger partial charge is 0.256 e. The van der Waals surface area contributed by atoms with E-state index in [1.54, 1.807) is 0 Å². The molecule has 4 heteroatoms. The summed E-state index contributed by atoms with van der Waals surface area (Å²) >= 11 is 0. The maximum Gasteiger partial charge on any atom is 0.0986 e. The molecule has 30 heavy (non-hydrogen) atoms. The minimum atomic E-state index is 0.885. The highest BCUT2D eigenvalue weighted by molar-refractivity contribution is 6.29. The van der Waals surface area contributed by atoms with Crippen molar-refractivity contribution in [1.29, 1.82) is 0 Å². The van der Waals surface area contributed by atoms with Crippen molar-refractivity contribution in [1.82, 2.24) is 19.9 Å². The highest BCUT2D eigenvalue weighted by Crippen LogP contribution is 2.38. The van der Waals surface area contributed by atoms with Crippen molar-refractivity contribution < 1.29 is 0 Å². The van der Waals surface area contributed by atoms with Crippen LogP contribution in [0.2, 0.25) is 0 Å². The van der Waals surface area contributed by atoms with Crippen molar-refractivity contribution in [2.75, 3.05) is 0 Å². The lowest BCUT2D eigenvalue weighted by Crippen LogP contribution is -1.93. The van der Waals surface area contributed by atoms with Gasteiger partial charge in [0.1, 0.15) is 0 Å². The molecular formula is C26H14N4. The highest BCUT2D eigenvalue weighted by atomic mass is 14.8. The molecule has 3 aromatic carbocycles. The normalized spacial score (nSPS) is 12.0. The Hall–Kier alpha value is -4.18. The van der Waals surface area contributed by atoms with Gasteiger partial charge in [-0.05, 0) is 41.8 Å². The third kappa shape index (κ3) is 1.95. The summed E-state index contributed by atoms with van der Waals surface area (Å²) in [4.78, 5) is 19.2. The van der Waals surface area contributed by atoms with Crippen LogP contribution < -0.4 is 0 Å². The molecule has 0 aliphatic heterocycles. The lowest BCUT2D eigenvalue weighted by atomic mass is 9.97. The first-order valence-electron chi connectivity index (χ1n) is 9.91. The summed E-state index contributed by atoms with van der Waals surface area (Å²) in [6.45, 7) is 0. The molecule has 0 aliphatic carbocycles. The Morgan fingerprint density at radius 2 is 0.833 bits per heavy atom. The number of pyridine rings is 4.